The first kappa shape index (κ1) is 24.5. The van der Waals surface area contributed by atoms with Gasteiger partial charge in [-0.2, -0.15) is 0 Å². The van der Waals surface area contributed by atoms with Crippen LogP contribution in [0.1, 0.15) is 72.1 Å². The lowest BCUT2D eigenvalue weighted by molar-refractivity contribution is -0.123. The maximum Gasteiger partial charge on any atom is 0.407 e. The molecule has 7 heteroatoms. The van der Waals surface area contributed by atoms with Crippen LogP contribution in [-0.4, -0.2) is 49.5 Å². The largest absolute Gasteiger partial charge is 0.444 e. The second kappa shape index (κ2) is 10.2. The zero-order valence-corrected chi connectivity index (χ0v) is 19.9. The summed E-state index contributed by atoms with van der Waals surface area (Å²) in [5.74, 6) is -0.0659. The predicted molar refractivity (Wildman–Crippen MR) is 128 cm³/mol. The molecule has 0 saturated heterocycles. The van der Waals surface area contributed by atoms with Crippen molar-refractivity contribution >= 4 is 18.2 Å². The number of hydrogen-bond acceptors (Lipinski definition) is 5. The van der Waals surface area contributed by atoms with Crippen LogP contribution in [0.25, 0.3) is 0 Å². The summed E-state index contributed by atoms with van der Waals surface area (Å²) in [4.78, 5) is 29.0. The van der Waals surface area contributed by atoms with Crippen molar-refractivity contribution in [2.45, 2.75) is 83.8 Å². The van der Waals surface area contributed by atoms with Gasteiger partial charge in [0.25, 0.3) is 0 Å². The molecule has 0 aromatic heterocycles. The minimum atomic E-state index is -0.529. The molecule has 2 bridgehead atoms. The van der Waals surface area contributed by atoms with Crippen LogP contribution in [0.15, 0.2) is 28.8 Å². The molecule has 7 nitrogen and oxygen atoms in total. The fourth-order valence-corrected chi connectivity index (χ4v) is 5.06. The van der Waals surface area contributed by atoms with Gasteiger partial charge in [0.2, 0.25) is 5.91 Å². The van der Waals surface area contributed by atoms with Crippen molar-refractivity contribution in [2.75, 3.05) is 19.6 Å². The van der Waals surface area contributed by atoms with Gasteiger partial charge in [-0.1, -0.05) is 17.7 Å². The molecule has 4 rings (SSSR count). The number of nitrogens with one attached hydrogen (secondary N) is 2. The molecule has 1 aliphatic heterocycles. The average Bonchev–Trinajstić information content (AvgIpc) is 2.73. The Labute approximate surface area is 192 Å². The van der Waals surface area contributed by atoms with E-state index >= 15 is 0 Å². The molecule has 0 aromatic carbocycles. The molecule has 3 saturated carbocycles. The number of hydrogen-bond donors (Lipinski definition) is 3. The number of nitrogens with two attached hydrogens (primary N) is 1. The molecule has 2 amide bonds. The van der Waals surface area contributed by atoms with Gasteiger partial charge in [0.05, 0.1) is 6.04 Å². The summed E-state index contributed by atoms with van der Waals surface area (Å²) in [7, 11) is 0. The lowest BCUT2D eigenvalue weighted by Crippen LogP contribution is -2.52. The van der Waals surface area contributed by atoms with E-state index in [-0.39, 0.29) is 22.8 Å². The van der Waals surface area contributed by atoms with Gasteiger partial charge in [0, 0.05) is 25.8 Å². The summed E-state index contributed by atoms with van der Waals surface area (Å²) < 4.78 is 5.38. The highest BCUT2D eigenvalue weighted by atomic mass is 16.6. The van der Waals surface area contributed by atoms with Gasteiger partial charge in [-0.05, 0) is 89.0 Å². The molecule has 178 valence electrons. The van der Waals surface area contributed by atoms with Crippen LogP contribution in [0.2, 0.25) is 0 Å². The number of fused-ring (bicyclic) bond motifs is 3. The van der Waals surface area contributed by atoms with E-state index in [0.717, 1.165) is 57.1 Å². The Kier molecular flexibility index (Phi) is 7.80. The van der Waals surface area contributed by atoms with Crippen molar-refractivity contribution in [1.82, 2.24) is 10.6 Å². The van der Waals surface area contributed by atoms with Gasteiger partial charge < -0.3 is 21.1 Å². The molecular formula is C25H40N4O3. The van der Waals surface area contributed by atoms with Crippen molar-refractivity contribution in [3.8, 4) is 0 Å². The number of carbonyl (C=O) groups excluding carboxylic acids is 2. The van der Waals surface area contributed by atoms with E-state index in [9.17, 15) is 9.59 Å². The van der Waals surface area contributed by atoms with Crippen LogP contribution in [0.5, 0.6) is 0 Å². The topological polar surface area (TPSA) is 106 Å². The number of ether oxygens (including phenoxy) is 1. The fourth-order valence-electron chi connectivity index (χ4n) is 5.06. The summed E-state index contributed by atoms with van der Waals surface area (Å²) in [6.45, 7) is 7.72. The van der Waals surface area contributed by atoms with Crippen LogP contribution in [0.3, 0.4) is 0 Å². The molecule has 0 unspecified atom stereocenters. The number of allylic oxidation sites excluding steroid dienone is 3. The molecule has 1 heterocycles. The van der Waals surface area contributed by atoms with E-state index in [0.29, 0.717) is 19.5 Å². The number of aliphatic imine (C=N–C) groups is 1. The number of carbonyl (C=O) groups is 2. The second-order valence-electron chi connectivity index (χ2n) is 10.9. The Bertz CT molecular complexity index is 754. The van der Waals surface area contributed by atoms with Crippen LogP contribution in [-0.2, 0) is 9.53 Å². The third kappa shape index (κ3) is 6.92. The molecule has 4 aliphatic rings. The number of nitrogens with zero attached hydrogens (tertiary/aromatic N) is 1. The highest BCUT2D eigenvalue weighted by molar-refractivity contribution is 5.81. The van der Waals surface area contributed by atoms with Gasteiger partial charge in [-0.3, -0.25) is 9.79 Å². The minimum absolute atomic E-state index is 0.0659. The molecule has 0 radical (unpaired) electrons. The third-order valence-electron chi connectivity index (χ3n) is 7.22. The van der Waals surface area contributed by atoms with E-state index < -0.39 is 11.6 Å². The van der Waals surface area contributed by atoms with E-state index in [1.807, 2.05) is 39.0 Å². The zero-order valence-electron chi connectivity index (χ0n) is 19.9. The van der Waals surface area contributed by atoms with Crippen LogP contribution < -0.4 is 16.4 Å². The van der Waals surface area contributed by atoms with Gasteiger partial charge in [-0.15, -0.1) is 0 Å². The number of rotatable bonds is 7. The molecule has 32 heavy (non-hydrogen) atoms. The lowest BCUT2D eigenvalue weighted by Gasteiger charge is -2.53. The van der Waals surface area contributed by atoms with Gasteiger partial charge in [0.15, 0.2) is 0 Å². The summed E-state index contributed by atoms with van der Waals surface area (Å²) in [6.07, 6.45) is 15.2. The molecule has 0 spiro atoms. The fraction of sp³-hybridized carbons (Fsp3) is 0.720. The Morgan fingerprint density at radius 2 is 1.66 bits per heavy atom. The predicted octanol–water partition coefficient (Wildman–Crippen LogP) is 3.64. The van der Waals surface area contributed by atoms with Crippen molar-refractivity contribution in [1.29, 1.82) is 0 Å². The Balaban J connectivity index is 1.43. The molecule has 4 N–H and O–H groups in total. The van der Waals surface area contributed by atoms with Crippen LogP contribution >= 0.6 is 0 Å². The number of alkyl carbamates (subject to hydrolysis) is 1. The maximum atomic E-state index is 12.7. The summed E-state index contributed by atoms with van der Waals surface area (Å²) in [5, 5.41) is 6.13. The summed E-state index contributed by atoms with van der Waals surface area (Å²) >= 11 is 0. The first-order valence-electron chi connectivity index (χ1n) is 12.0. The van der Waals surface area contributed by atoms with E-state index in [1.165, 1.54) is 0 Å². The highest BCUT2D eigenvalue weighted by Crippen LogP contribution is 2.56. The average molecular weight is 445 g/mol. The van der Waals surface area contributed by atoms with Crippen molar-refractivity contribution < 1.29 is 14.3 Å². The van der Waals surface area contributed by atoms with E-state index in [2.05, 4.69) is 15.6 Å². The Morgan fingerprint density at radius 1 is 1.06 bits per heavy atom. The molecule has 0 aromatic rings. The van der Waals surface area contributed by atoms with Crippen LogP contribution in [0.4, 0.5) is 4.79 Å². The molecule has 3 fully saturated rings. The maximum absolute atomic E-state index is 12.7. The smallest absolute Gasteiger partial charge is 0.407 e. The number of amides is 2. The second-order valence-corrected chi connectivity index (χ2v) is 10.9. The van der Waals surface area contributed by atoms with Gasteiger partial charge in [0.1, 0.15) is 5.60 Å². The SMILES string of the molecule is CC(C)(C)OC(=O)NCC12CCC(CNC(=O)[C@@H](N)C/C3=C/C=C\C=N\CC3)(CC1)CC2. The summed E-state index contributed by atoms with van der Waals surface area (Å²) in [6, 6.07) is -0.529. The zero-order chi connectivity index (χ0) is 23.2. The lowest BCUT2D eigenvalue weighted by atomic mass is 9.53. The highest BCUT2D eigenvalue weighted by Gasteiger charge is 2.48. The van der Waals surface area contributed by atoms with E-state index in [4.69, 9.17) is 10.5 Å². The van der Waals surface area contributed by atoms with Crippen molar-refractivity contribution in [2.24, 2.45) is 21.6 Å². The third-order valence-corrected chi connectivity index (χ3v) is 7.22. The molecular weight excluding hydrogens is 404 g/mol. The Hall–Kier alpha value is -2.15. The van der Waals surface area contributed by atoms with Crippen molar-refractivity contribution in [3.63, 3.8) is 0 Å². The summed E-state index contributed by atoms with van der Waals surface area (Å²) in [5.41, 5.74) is 7.23. The van der Waals surface area contributed by atoms with Crippen molar-refractivity contribution in [3.05, 3.63) is 23.8 Å². The first-order chi connectivity index (χ1) is 15.1. The monoisotopic (exact) mass is 444 g/mol. The normalized spacial score (nSPS) is 31.9. The minimum Gasteiger partial charge on any atom is -0.444 e. The molecule has 3 aliphatic carbocycles. The van der Waals surface area contributed by atoms with Gasteiger partial charge >= 0.3 is 6.09 Å². The van der Waals surface area contributed by atoms with Gasteiger partial charge in [-0.25, -0.2) is 4.79 Å². The molecule has 1 atom stereocenters. The van der Waals surface area contributed by atoms with E-state index in [1.54, 1.807) is 6.21 Å². The standard InChI is InChI=1S/C25H40N4O3/c1-23(2,3)32-22(31)29-18-25-11-8-24(9-12-25,10-13-25)17-28-21(30)20(26)16-19-6-4-5-14-27-15-7-19/h4-6,14,20H,7-13,15-18,26H2,1-3H3,(H,28,30)(H,29,31)/b5-4-,19-6+,27-14+/t20-,24?,25?/m0/s1. The first-order valence-corrected chi connectivity index (χ1v) is 12.0. The Morgan fingerprint density at radius 3 is 2.25 bits per heavy atom. The van der Waals surface area contributed by atoms with Crippen LogP contribution in [0, 0.1) is 10.8 Å². The quantitative estimate of drug-likeness (QED) is 0.557.